The fourth-order valence-electron chi connectivity index (χ4n) is 2.21. The smallest absolute Gasteiger partial charge is 0.303 e. The minimum Gasteiger partial charge on any atom is -0.481 e. The molecule has 0 unspecified atom stereocenters. The van der Waals surface area contributed by atoms with E-state index in [2.05, 4.69) is 6.07 Å². The van der Waals surface area contributed by atoms with Crippen molar-refractivity contribution in [2.24, 2.45) is 0 Å². The highest BCUT2D eigenvalue weighted by atomic mass is 16.4. The van der Waals surface area contributed by atoms with E-state index in [9.17, 15) is 9.59 Å². The van der Waals surface area contributed by atoms with Crippen LogP contribution in [0.2, 0.25) is 0 Å². The first-order chi connectivity index (χ1) is 9.41. The Morgan fingerprint density at radius 3 is 2.35 bits per heavy atom. The zero-order chi connectivity index (χ0) is 15.1. The molecule has 0 aliphatic heterocycles. The highest BCUT2D eigenvalue weighted by Crippen LogP contribution is 2.21. The van der Waals surface area contributed by atoms with E-state index in [0.29, 0.717) is 12.8 Å². The van der Waals surface area contributed by atoms with Crippen LogP contribution in [0.15, 0.2) is 18.2 Å². The van der Waals surface area contributed by atoms with Crippen molar-refractivity contribution in [3.05, 3.63) is 29.3 Å². The molecule has 110 valence electrons. The van der Waals surface area contributed by atoms with Crippen LogP contribution in [0.4, 0.5) is 5.69 Å². The molecule has 0 radical (unpaired) electrons. The van der Waals surface area contributed by atoms with Gasteiger partial charge in [-0.15, -0.1) is 0 Å². The maximum Gasteiger partial charge on any atom is 0.303 e. The Balaban J connectivity index is 2.44. The van der Waals surface area contributed by atoms with Gasteiger partial charge in [-0.05, 0) is 38.3 Å². The number of aryl methyl sites for hydroxylation is 2. The van der Waals surface area contributed by atoms with Crippen LogP contribution in [0.25, 0.3) is 0 Å². The minimum absolute atomic E-state index is 0.0762. The van der Waals surface area contributed by atoms with Gasteiger partial charge in [-0.2, -0.15) is 0 Å². The third kappa shape index (κ3) is 5.03. The number of nitrogens with zero attached hydrogens (tertiary/aromatic N) is 1. The predicted molar refractivity (Wildman–Crippen MR) is 80.0 cm³/mol. The molecule has 0 spiro atoms. The standard InChI is InChI=1S/C16H23NO3/c1-12-9-10-14(13(2)11-12)17(3)15(18)7-5-4-6-8-16(19)20/h9-11H,4-8H2,1-3H3,(H,19,20). The van der Waals surface area contributed by atoms with Gasteiger partial charge in [0, 0.05) is 25.6 Å². The first-order valence-electron chi connectivity index (χ1n) is 6.97. The SMILES string of the molecule is Cc1ccc(N(C)C(=O)CCCCCC(=O)O)c(C)c1. The Morgan fingerprint density at radius 1 is 1.10 bits per heavy atom. The van der Waals surface area contributed by atoms with Gasteiger partial charge in [0.05, 0.1) is 0 Å². The summed E-state index contributed by atoms with van der Waals surface area (Å²) in [5.41, 5.74) is 3.21. The van der Waals surface area contributed by atoms with Crippen molar-refractivity contribution in [1.82, 2.24) is 0 Å². The van der Waals surface area contributed by atoms with Crippen LogP contribution >= 0.6 is 0 Å². The summed E-state index contributed by atoms with van der Waals surface area (Å²) >= 11 is 0. The number of carbonyl (C=O) groups excluding carboxylic acids is 1. The Kier molecular flexibility index (Phi) is 6.22. The van der Waals surface area contributed by atoms with Gasteiger partial charge < -0.3 is 10.0 Å². The molecule has 0 heterocycles. The molecular weight excluding hydrogens is 254 g/mol. The average Bonchev–Trinajstić information content (AvgIpc) is 2.37. The highest BCUT2D eigenvalue weighted by Gasteiger charge is 2.12. The molecule has 1 N–H and O–H groups in total. The van der Waals surface area contributed by atoms with Crippen LogP contribution in [0.3, 0.4) is 0 Å². The second kappa shape index (κ2) is 7.68. The molecule has 1 rings (SSSR count). The van der Waals surface area contributed by atoms with E-state index in [-0.39, 0.29) is 12.3 Å². The Morgan fingerprint density at radius 2 is 1.75 bits per heavy atom. The maximum atomic E-state index is 12.1. The Labute approximate surface area is 120 Å². The third-order valence-electron chi connectivity index (χ3n) is 3.37. The van der Waals surface area contributed by atoms with E-state index in [1.165, 1.54) is 5.56 Å². The van der Waals surface area contributed by atoms with E-state index in [1.54, 1.807) is 11.9 Å². The van der Waals surface area contributed by atoms with Gasteiger partial charge in [0.15, 0.2) is 0 Å². The summed E-state index contributed by atoms with van der Waals surface area (Å²) in [6.45, 7) is 4.03. The summed E-state index contributed by atoms with van der Waals surface area (Å²) in [6.07, 6.45) is 2.79. The number of amides is 1. The number of carbonyl (C=O) groups is 2. The monoisotopic (exact) mass is 277 g/mol. The maximum absolute atomic E-state index is 12.1. The highest BCUT2D eigenvalue weighted by molar-refractivity contribution is 5.93. The second-order valence-electron chi connectivity index (χ2n) is 5.20. The lowest BCUT2D eigenvalue weighted by Crippen LogP contribution is -2.26. The van der Waals surface area contributed by atoms with Crippen LogP contribution in [0.5, 0.6) is 0 Å². The lowest BCUT2D eigenvalue weighted by Gasteiger charge is -2.20. The van der Waals surface area contributed by atoms with Crippen molar-refractivity contribution < 1.29 is 14.7 Å². The van der Waals surface area contributed by atoms with Crippen LogP contribution in [0.1, 0.15) is 43.2 Å². The average molecular weight is 277 g/mol. The normalized spacial score (nSPS) is 10.3. The van der Waals surface area contributed by atoms with Crippen LogP contribution < -0.4 is 4.90 Å². The predicted octanol–water partition coefficient (Wildman–Crippen LogP) is 3.30. The number of carboxylic acids is 1. The third-order valence-corrected chi connectivity index (χ3v) is 3.37. The number of benzene rings is 1. The summed E-state index contributed by atoms with van der Waals surface area (Å²) in [7, 11) is 1.79. The van der Waals surface area contributed by atoms with Gasteiger partial charge in [-0.3, -0.25) is 9.59 Å². The quantitative estimate of drug-likeness (QED) is 0.778. The zero-order valence-corrected chi connectivity index (χ0v) is 12.5. The van der Waals surface area contributed by atoms with Gasteiger partial charge in [0.2, 0.25) is 5.91 Å². The van der Waals surface area contributed by atoms with E-state index in [4.69, 9.17) is 5.11 Å². The number of hydrogen-bond donors (Lipinski definition) is 1. The van der Waals surface area contributed by atoms with Crippen LogP contribution in [0, 0.1) is 13.8 Å². The summed E-state index contributed by atoms with van der Waals surface area (Å²) in [4.78, 5) is 24.2. The molecular formula is C16H23NO3. The lowest BCUT2D eigenvalue weighted by atomic mass is 10.1. The number of rotatable bonds is 7. The van der Waals surface area contributed by atoms with Crippen LogP contribution in [-0.4, -0.2) is 24.0 Å². The fraction of sp³-hybridized carbons (Fsp3) is 0.500. The molecule has 1 aromatic carbocycles. The number of aliphatic carboxylic acids is 1. The molecule has 0 aliphatic carbocycles. The van der Waals surface area contributed by atoms with Crippen molar-refractivity contribution in [3.63, 3.8) is 0 Å². The molecule has 0 aliphatic rings. The Hall–Kier alpha value is -1.84. The van der Waals surface area contributed by atoms with Gasteiger partial charge >= 0.3 is 5.97 Å². The topological polar surface area (TPSA) is 57.6 Å². The first-order valence-corrected chi connectivity index (χ1v) is 6.97. The molecule has 4 heteroatoms. The molecule has 0 fully saturated rings. The summed E-state index contributed by atoms with van der Waals surface area (Å²) < 4.78 is 0. The molecule has 1 aromatic rings. The van der Waals surface area contributed by atoms with Crippen molar-refractivity contribution in [2.75, 3.05) is 11.9 Å². The van der Waals surface area contributed by atoms with Crippen molar-refractivity contribution in [3.8, 4) is 0 Å². The number of unbranched alkanes of at least 4 members (excludes halogenated alkanes) is 2. The van der Waals surface area contributed by atoms with Crippen LogP contribution in [-0.2, 0) is 9.59 Å². The Bertz CT molecular complexity index is 483. The molecule has 0 aromatic heterocycles. The summed E-state index contributed by atoms with van der Waals surface area (Å²) in [6, 6.07) is 6.03. The number of hydrogen-bond acceptors (Lipinski definition) is 2. The molecule has 0 atom stereocenters. The van der Waals surface area contributed by atoms with Gasteiger partial charge in [0.1, 0.15) is 0 Å². The lowest BCUT2D eigenvalue weighted by molar-refractivity contribution is -0.137. The van der Waals surface area contributed by atoms with Crippen molar-refractivity contribution >= 4 is 17.6 Å². The molecule has 0 saturated carbocycles. The zero-order valence-electron chi connectivity index (χ0n) is 12.5. The summed E-state index contributed by atoms with van der Waals surface area (Å²) in [5, 5.41) is 8.54. The van der Waals surface area contributed by atoms with E-state index >= 15 is 0 Å². The molecule has 1 amide bonds. The van der Waals surface area contributed by atoms with Crippen molar-refractivity contribution in [2.45, 2.75) is 46.0 Å². The second-order valence-corrected chi connectivity index (χ2v) is 5.20. The minimum atomic E-state index is -0.774. The number of carboxylic acid groups (broad SMARTS) is 1. The molecule has 0 bridgehead atoms. The molecule has 4 nitrogen and oxygen atoms in total. The van der Waals surface area contributed by atoms with Gasteiger partial charge in [-0.1, -0.05) is 24.1 Å². The fourth-order valence-corrected chi connectivity index (χ4v) is 2.21. The van der Waals surface area contributed by atoms with Gasteiger partial charge in [-0.25, -0.2) is 0 Å². The molecule has 20 heavy (non-hydrogen) atoms. The van der Waals surface area contributed by atoms with Crippen molar-refractivity contribution in [1.29, 1.82) is 0 Å². The van der Waals surface area contributed by atoms with E-state index < -0.39 is 5.97 Å². The molecule has 0 saturated heterocycles. The van der Waals surface area contributed by atoms with E-state index in [0.717, 1.165) is 24.1 Å². The van der Waals surface area contributed by atoms with Gasteiger partial charge in [0.25, 0.3) is 0 Å². The number of anilines is 1. The largest absolute Gasteiger partial charge is 0.481 e. The first kappa shape index (κ1) is 16.2. The summed E-state index contributed by atoms with van der Waals surface area (Å²) in [5.74, 6) is -0.698. The van der Waals surface area contributed by atoms with E-state index in [1.807, 2.05) is 26.0 Å².